The Labute approximate surface area is 169 Å². The Morgan fingerprint density at radius 3 is 2.10 bits per heavy atom. The molecule has 0 aliphatic carbocycles. The molecule has 150 valence electrons. The van der Waals surface area contributed by atoms with Gasteiger partial charge in [-0.15, -0.1) is 0 Å². The SMILES string of the molecule is Cc1ccc(S(=O)(=O)Nc2ccc(C(=O)N(C)Cc3ccc(F)cc3)cc2)cc1. The van der Waals surface area contributed by atoms with Crippen molar-refractivity contribution in [2.24, 2.45) is 0 Å². The molecule has 3 aromatic rings. The summed E-state index contributed by atoms with van der Waals surface area (Å²) in [6.45, 7) is 2.22. The van der Waals surface area contributed by atoms with Crippen molar-refractivity contribution < 1.29 is 17.6 Å². The van der Waals surface area contributed by atoms with E-state index in [9.17, 15) is 17.6 Å². The van der Waals surface area contributed by atoms with Crippen molar-refractivity contribution in [1.82, 2.24) is 4.90 Å². The van der Waals surface area contributed by atoms with E-state index in [1.807, 2.05) is 6.92 Å². The van der Waals surface area contributed by atoms with E-state index in [4.69, 9.17) is 0 Å². The van der Waals surface area contributed by atoms with Gasteiger partial charge in [-0.25, -0.2) is 12.8 Å². The molecule has 0 saturated heterocycles. The van der Waals surface area contributed by atoms with Crippen molar-refractivity contribution in [3.05, 3.63) is 95.3 Å². The summed E-state index contributed by atoms with van der Waals surface area (Å²) in [7, 11) is -2.05. The molecule has 1 N–H and O–H groups in total. The molecule has 0 spiro atoms. The number of amides is 1. The highest BCUT2D eigenvalue weighted by atomic mass is 32.2. The van der Waals surface area contributed by atoms with Gasteiger partial charge in [0.25, 0.3) is 15.9 Å². The number of hydrogen-bond donors (Lipinski definition) is 1. The fraction of sp³-hybridized carbons (Fsp3) is 0.136. The predicted octanol–water partition coefficient (Wildman–Crippen LogP) is 4.21. The van der Waals surface area contributed by atoms with Crippen LogP contribution in [0, 0.1) is 12.7 Å². The summed E-state index contributed by atoms with van der Waals surface area (Å²) in [5, 5.41) is 0. The van der Waals surface area contributed by atoms with Gasteiger partial charge in [0.1, 0.15) is 5.82 Å². The van der Waals surface area contributed by atoms with Gasteiger partial charge in [0.15, 0.2) is 0 Å². The summed E-state index contributed by atoms with van der Waals surface area (Å²) in [5.41, 5.74) is 2.57. The quantitative estimate of drug-likeness (QED) is 0.660. The lowest BCUT2D eigenvalue weighted by atomic mass is 10.1. The Kier molecular flexibility index (Phi) is 5.98. The number of anilines is 1. The molecule has 29 heavy (non-hydrogen) atoms. The minimum absolute atomic E-state index is 0.169. The lowest BCUT2D eigenvalue weighted by Crippen LogP contribution is -2.26. The van der Waals surface area contributed by atoms with E-state index in [0.717, 1.165) is 11.1 Å². The number of hydrogen-bond acceptors (Lipinski definition) is 3. The summed E-state index contributed by atoms with van der Waals surface area (Å²) in [6, 6.07) is 18.7. The third-order valence-electron chi connectivity index (χ3n) is 4.40. The molecule has 0 radical (unpaired) electrons. The molecule has 0 bridgehead atoms. The molecule has 0 unspecified atom stereocenters. The van der Waals surface area contributed by atoms with E-state index < -0.39 is 10.0 Å². The third-order valence-corrected chi connectivity index (χ3v) is 5.79. The first-order valence-electron chi connectivity index (χ1n) is 8.94. The average molecular weight is 412 g/mol. The van der Waals surface area contributed by atoms with Crippen LogP contribution in [-0.4, -0.2) is 26.3 Å². The van der Waals surface area contributed by atoms with Crippen molar-refractivity contribution in [3.63, 3.8) is 0 Å². The van der Waals surface area contributed by atoms with Gasteiger partial charge in [-0.05, 0) is 61.0 Å². The predicted molar refractivity (Wildman–Crippen MR) is 111 cm³/mol. The number of nitrogens with one attached hydrogen (secondary N) is 1. The molecule has 0 aliphatic heterocycles. The maximum Gasteiger partial charge on any atom is 0.261 e. The number of sulfonamides is 1. The first-order chi connectivity index (χ1) is 13.7. The lowest BCUT2D eigenvalue weighted by molar-refractivity contribution is 0.0785. The highest BCUT2D eigenvalue weighted by Crippen LogP contribution is 2.18. The summed E-state index contributed by atoms with van der Waals surface area (Å²) in [5.74, 6) is -0.548. The zero-order valence-electron chi connectivity index (χ0n) is 16.1. The Bertz CT molecular complexity index is 1090. The number of halogens is 1. The lowest BCUT2D eigenvalue weighted by Gasteiger charge is -2.17. The van der Waals surface area contributed by atoms with Crippen molar-refractivity contribution >= 4 is 21.6 Å². The molecular weight excluding hydrogens is 391 g/mol. The van der Waals surface area contributed by atoms with E-state index in [2.05, 4.69) is 4.72 Å². The number of aryl methyl sites for hydroxylation is 1. The molecular formula is C22H21FN2O3S. The van der Waals surface area contributed by atoms with E-state index >= 15 is 0 Å². The molecule has 0 atom stereocenters. The van der Waals surface area contributed by atoms with Crippen molar-refractivity contribution in [2.75, 3.05) is 11.8 Å². The van der Waals surface area contributed by atoms with Crippen molar-refractivity contribution in [3.8, 4) is 0 Å². The van der Waals surface area contributed by atoms with E-state index in [-0.39, 0.29) is 16.6 Å². The molecule has 7 heteroatoms. The second-order valence-corrected chi connectivity index (χ2v) is 8.47. The van der Waals surface area contributed by atoms with Gasteiger partial charge in [0.2, 0.25) is 0 Å². The minimum Gasteiger partial charge on any atom is -0.337 e. The van der Waals surface area contributed by atoms with Gasteiger partial charge >= 0.3 is 0 Å². The fourth-order valence-corrected chi connectivity index (χ4v) is 3.83. The molecule has 0 saturated carbocycles. The molecule has 0 fully saturated rings. The van der Waals surface area contributed by atoms with E-state index in [1.54, 1.807) is 67.7 Å². The maximum absolute atomic E-state index is 13.0. The molecule has 5 nitrogen and oxygen atoms in total. The van der Waals surface area contributed by atoms with Gasteiger partial charge in [-0.1, -0.05) is 29.8 Å². The molecule has 0 aliphatic rings. The van der Waals surface area contributed by atoms with Crippen LogP contribution in [0.25, 0.3) is 0 Å². The van der Waals surface area contributed by atoms with Crippen molar-refractivity contribution in [2.45, 2.75) is 18.4 Å². The summed E-state index contributed by atoms with van der Waals surface area (Å²) in [4.78, 5) is 14.3. The Balaban J connectivity index is 1.68. The number of carbonyl (C=O) groups excluding carboxylic acids is 1. The normalized spacial score (nSPS) is 11.1. The Hall–Kier alpha value is -3.19. The topological polar surface area (TPSA) is 66.5 Å². The molecule has 3 rings (SSSR count). The van der Waals surface area contributed by atoms with Gasteiger partial charge < -0.3 is 4.90 Å². The molecule has 3 aromatic carbocycles. The molecule has 0 heterocycles. The van der Waals surface area contributed by atoms with Crippen LogP contribution >= 0.6 is 0 Å². The highest BCUT2D eigenvalue weighted by molar-refractivity contribution is 7.92. The zero-order valence-corrected chi connectivity index (χ0v) is 16.9. The largest absolute Gasteiger partial charge is 0.337 e. The van der Waals surface area contributed by atoms with Crippen LogP contribution in [0.1, 0.15) is 21.5 Å². The zero-order chi connectivity index (χ0) is 21.0. The van der Waals surface area contributed by atoms with Crippen LogP contribution in [0.4, 0.5) is 10.1 Å². The van der Waals surface area contributed by atoms with Gasteiger partial charge in [-0.3, -0.25) is 9.52 Å². The molecule has 0 aromatic heterocycles. The van der Waals surface area contributed by atoms with Crippen LogP contribution < -0.4 is 4.72 Å². The maximum atomic E-state index is 13.0. The number of nitrogens with zero attached hydrogens (tertiary/aromatic N) is 1. The summed E-state index contributed by atoms with van der Waals surface area (Å²) in [6.07, 6.45) is 0. The van der Waals surface area contributed by atoms with Crippen LogP contribution in [-0.2, 0) is 16.6 Å². The second kappa shape index (κ2) is 8.45. The molecule has 1 amide bonds. The van der Waals surface area contributed by atoms with Crippen LogP contribution in [0.5, 0.6) is 0 Å². The smallest absolute Gasteiger partial charge is 0.261 e. The Morgan fingerprint density at radius 2 is 1.52 bits per heavy atom. The van der Waals surface area contributed by atoms with E-state index in [1.165, 1.54) is 17.0 Å². The highest BCUT2D eigenvalue weighted by Gasteiger charge is 2.15. The number of benzene rings is 3. The van der Waals surface area contributed by atoms with Crippen LogP contribution in [0.2, 0.25) is 0 Å². The van der Waals surface area contributed by atoms with E-state index in [0.29, 0.717) is 17.8 Å². The minimum atomic E-state index is -3.70. The van der Waals surface area contributed by atoms with Crippen molar-refractivity contribution in [1.29, 1.82) is 0 Å². The first-order valence-corrected chi connectivity index (χ1v) is 10.4. The van der Waals surface area contributed by atoms with Gasteiger partial charge in [-0.2, -0.15) is 0 Å². The Morgan fingerprint density at radius 1 is 0.931 bits per heavy atom. The van der Waals surface area contributed by atoms with Crippen LogP contribution in [0.15, 0.2) is 77.7 Å². The standard InChI is InChI=1S/C22H21FN2O3S/c1-16-3-13-21(14-4-16)29(27,28)24-20-11-7-18(8-12-20)22(26)25(2)15-17-5-9-19(23)10-6-17/h3-14,24H,15H2,1-2H3. The average Bonchev–Trinajstić information content (AvgIpc) is 2.70. The van der Waals surface area contributed by atoms with Crippen LogP contribution in [0.3, 0.4) is 0 Å². The third kappa shape index (κ3) is 5.20. The fourth-order valence-electron chi connectivity index (χ4n) is 2.77. The monoisotopic (exact) mass is 412 g/mol. The summed E-state index contributed by atoms with van der Waals surface area (Å²) < 4.78 is 40.4. The number of rotatable bonds is 6. The van der Waals surface area contributed by atoms with Gasteiger partial charge in [0, 0.05) is 24.8 Å². The summed E-state index contributed by atoms with van der Waals surface area (Å²) >= 11 is 0. The second-order valence-electron chi connectivity index (χ2n) is 6.78. The van der Waals surface area contributed by atoms with Gasteiger partial charge in [0.05, 0.1) is 4.90 Å². The first kappa shape index (κ1) is 20.5. The number of carbonyl (C=O) groups is 1.